The minimum atomic E-state index is -0.116. The molecule has 0 saturated carbocycles. The van der Waals surface area contributed by atoms with Gasteiger partial charge in [0.2, 0.25) is 0 Å². The maximum atomic E-state index is 12.5. The fraction of sp³-hybridized carbons (Fsp3) is 0.0455. The lowest BCUT2D eigenvalue weighted by Crippen LogP contribution is -2.00. The van der Waals surface area contributed by atoms with E-state index in [-0.39, 0.29) is 5.43 Å². The van der Waals surface area contributed by atoms with E-state index in [0.717, 1.165) is 11.3 Å². The van der Waals surface area contributed by atoms with Crippen LogP contribution < -0.4 is 14.9 Å². The summed E-state index contributed by atoms with van der Waals surface area (Å²) in [6, 6.07) is 23.7. The molecular weight excluding hydrogens is 328 g/mol. The maximum Gasteiger partial charge on any atom is 0.193 e. The summed E-state index contributed by atoms with van der Waals surface area (Å²) in [5, 5.41) is 0.491. The summed E-state index contributed by atoms with van der Waals surface area (Å²) in [6.07, 6.45) is 0. The van der Waals surface area contributed by atoms with Gasteiger partial charge in [0.25, 0.3) is 0 Å². The normalized spacial score (nSPS) is 10.7. The highest BCUT2D eigenvalue weighted by Gasteiger charge is 2.09. The van der Waals surface area contributed by atoms with Gasteiger partial charge in [0.05, 0.1) is 12.5 Å². The second kappa shape index (κ2) is 6.76. The lowest BCUT2D eigenvalue weighted by atomic mass is 10.1. The number of hydrogen-bond acceptors (Lipinski definition) is 4. The molecule has 4 heteroatoms. The van der Waals surface area contributed by atoms with Crippen molar-refractivity contribution in [3.8, 4) is 28.6 Å². The van der Waals surface area contributed by atoms with Crippen molar-refractivity contribution in [3.05, 3.63) is 89.1 Å². The Morgan fingerprint density at radius 2 is 1.58 bits per heavy atom. The Morgan fingerprint density at radius 3 is 2.38 bits per heavy atom. The molecule has 1 aromatic heterocycles. The lowest BCUT2D eigenvalue weighted by molar-refractivity contribution is 0.415. The van der Waals surface area contributed by atoms with Crippen molar-refractivity contribution in [2.24, 2.45) is 0 Å². The van der Waals surface area contributed by atoms with E-state index in [2.05, 4.69) is 0 Å². The quantitative estimate of drug-likeness (QED) is 0.506. The summed E-state index contributed by atoms with van der Waals surface area (Å²) in [5.74, 6) is 2.53. The first kappa shape index (κ1) is 16.0. The smallest absolute Gasteiger partial charge is 0.193 e. The van der Waals surface area contributed by atoms with E-state index >= 15 is 0 Å². The number of methoxy groups -OCH3 is 1. The summed E-state index contributed by atoms with van der Waals surface area (Å²) >= 11 is 0. The summed E-state index contributed by atoms with van der Waals surface area (Å²) < 4.78 is 16.9. The number of benzene rings is 3. The van der Waals surface area contributed by atoms with E-state index in [0.29, 0.717) is 28.2 Å². The monoisotopic (exact) mass is 344 g/mol. The van der Waals surface area contributed by atoms with Crippen LogP contribution in [0.4, 0.5) is 0 Å². The first-order chi connectivity index (χ1) is 12.7. The van der Waals surface area contributed by atoms with Gasteiger partial charge in [0.1, 0.15) is 28.6 Å². The molecule has 0 radical (unpaired) electrons. The molecule has 0 aliphatic rings. The Bertz CT molecular complexity index is 1110. The molecule has 4 nitrogen and oxygen atoms in total. The van der Waals surface area contributed by atoms with Gasteiger partial charge in [-0.25, -0.2) is 0 Å². The third kappa shape index (κ3) is 3.17. The van der Waals surface area contributed by atoms with Crippen LogP contribution in [0.25, 0.3) is 22.3 Å². The van der Waals surface area contributed by atoms with E-state index in [1.807, 2.05) is 54.6 Å². The summed E-state index contributed by atoms with van der Waals surface area (Å²) in [6.45, 7) is 0. The minimum absolute atomic E-state index is 0.116. The first-order valence-corrected chi connectivity index (χ1v) is 8.18. The van der Waals surface area contributed by atoms with Crippen LogP contribution in [0.1, 0.15) is 0 Å². The van der Waals surface area contributed by atoms with Crippen molar-refractivity contribution in [1.82, 2.24) is 0 Å². The van der Waals surface area contributed by atoms with Gasteiger partial charge in [0.15, 0.2) is 5.43 Å². The number of hydrogen-bond donors (Lipinski definition) is 0. The SMILES string of the molecule is COc1ccc2oc(-c3cccc(Oc4ccccc4)c3)cc(=O)c2c1. The Morgan fingerprint density at radius 1 is 0.769 bits per heavy atom. The predicted molar refractivity (Wildman–Crippen MR) is 101 cm³/mol. The van der Waals surface area contributed by atoms with Crippen molar-refractivity contribution in [1.29, 1.82) is 0 Å². The average Bonchev–Trinajstić information content (AvgIpc) is 2.69. The molecule has 0 bridgehead atoms. The van der Waals surface area contributed by atoms with Gasteiger partial charge >= 0.3 is 0 Å². The van der Waals surface area contributed by atoms with Crippen LogP contribution in [0.3, 0.4) is 0 Å². The highest BCUT2D eigenvalue weighted by Crippen LogP contribution is 2.29. The molecule has 4 rings (SSSR count). The zero-order valence-corrected chi connectivity index (χ0v) is 14.1. The zero-order valence-electron chi connectivity index (χ0n) is 14.1. The van der Waals surface area contributed by atoms with Crippen molar-refractivity contribution in [2.75, 3.05) is 7.11 Å². The molecule has 26 heavy (non-hydrogen) atoms. The molecule has 0 N–H and O–H groups in total. The van der Waals surface area contributed by atoms with Crippen LogP contribution in [-0.2, 0) is 0 Å². The molecule has 0 atom stereocenters. The fourth-order valence-electron chi connectivity index (χ4n) is 2.74. The molecule has 0 saturated heterocycles. The first-order valence-electron chi connectivity index (χ1n) is 8.18. The molecule has 0 amide bonds. The maximum absolute atomic E-state index is 12.5. The molecule has 1 heterocycles. The third-order valence-electron chi connectivity index (χ3n) is 4.03. The van der Waals surface area contributed by atoms with Crippen molar-refractivity contribution in [2.45, 2.75) is 0 Å². The van der Waals surface area contributed by atoms with Gasteiger partial charge in [-0.15, -0.1) is 0 Å². The van der Waals surface area contributed by atoms with Crippen molar-refractivity contribution >= 4 is 11.0 Å². The summed E-state index contributed by atoms with van der Waals surface area (Å²) in [7, 11) is 1.56. The molecule has 0 fully saturated rings. The van der Waals surface area contributed by atoms with Gasteiger partial charge in [0, 0.05) is 11.6 Å². The van der Waals surface area contributed by atoms with Crippen LogP contribution in [0.5, 0.6) is 17.2 Å². The number of rotatable bonds is 4. The van der Waals surface area contributed by atoms with Crippen molar-refractivity contribution < 1.29 is 13.9 Å². The van der Waals surface area contributed by atoms with Gasteiger partial charge in [-0.05, 0) is 42.5 Å². The van der Waals surface area contributed by atoms with E-state index in [9.17, 15) is 4.79 Å². The second-order valence-corrected chi connectivity index (χ2v) is 5.78. The van der Waals surface area contributed by atoms with E-state index in [1.54, 1.807) is 25.3 Å². The van der Waals surface area contributed by atoms with Crippen LogP contribution in [0.2, 0.25) is 0 Å². The topological polar surface area (TPSA) is 48.7 Å². The van der Waals surface area contributed by atoms with Crippen LogP contribution >= 0.6 is 0 Å². The highest BCUT2D eigenvalue weighted by molar-refractivity contribution is 5.80. The predicted octanol–water partition coefficient (Wildman–Crippen LogP) is 5.26. The van der Waals surface area contributed by atoms with E-state index in [4.69, 9.17) is 13.9 Å². The number of ether oxygens (including phenoxy) is 2. The standard InChI is InChI=1S/C22H16O4/c1-24-17-10-11-21-19(13-17)20(23)14-22(26-21)15-6-5-9-18(12-15)25-16-7-3-2-4-8-16/h2-14H,1H3. The summed E-state index contributed by atoms with van der Waals surface area (Å²) in [4.78, 5) is 12.5. The highest BCUT2D eigenvalue weighted by atomic mass is 16.5. The molecule has 0 unspecified atom stereocenters. The minimum Gasteiger partial charge on any atom is -0.497 e. The largest absolute Gasteiger partial charge is 0.497 e. The van der Waals surface area contributed by atoms with E-state index < -0.39 is 0 Å². The summed E-state index contributed by atoms with van der Waals surface area (Å²) in [5.41, 5.74) is 1.17. The molecule has 3 aromatic carbocycles. The molecule has 0 spiro atoms. The third-order valence-corrected chi connectivity index (χ3v) is 4.03. The lowest BCUT2D eigenvalue weighted by Gasteiger charge is -2.08. The van der Waals surface area contributed by atoms with Gasteiger partial charge < -0.3 is 13.9 Å². The Labute approximate surface area is 150 Å². The van der Waals surface area contributed by atoms with Gasteiger partial charge in [-0.1, -0.05) is 30.3 Å². The van der Waals surface area contributed by atoms with Crippen LogP contribution in [0.15, 0.2) is 88.1 Å². The average molecular weight is 344 g/mol. The number of para-hydroxylation sites is 1. The van der Waals surface area contributed by atoms with Crippen LogP contribution in [-0.4, -0.2) is 7.11 Å². The Kier molecular flexibility index (Phi) is 4.15. The Hall–Kier alpha value is -3.53. The molecular formula is C22H16O4. The van der Waals surface area contributed by atoms with Crippen LogP contribution in [0, 0.1) is 0 Å². The fourth-order valence-corrected chi connectivity index (χ4v) is 2.74. The van der Waals surface area contributed by atoms with E-state index in [1.165, 1.54) is 6.07 Å². The van der Waals surface area contributed by atoms with Gasteiger partial charge in [-0.3, -0.25) is 4.79 Å². The molecule has 0 aliphatic carbocycles. The van der Waals surface area contributed by atoms with Crippen molar-refractivity contribution in [3.63, 3.8) is 0 Å². The zero-order chi connectivity index (χ0) is 17.9. The Balaban J connectivity index is 1.73. The molecule has 128 valence electrons. The van der Waals surface area contributed by atoms with Gasteiger partial charge in [-0.2, -0.15) is 0 Å². The molecule has 0 aliphatic heterocycles. The molecule has 4 aromatic rings. The second-order valence-electron chi connectivity index (χ2n) is 5.78. The number of fused-ring (bicyclic) bond motifs is 1.